The Balaban J connectivity index is 1.93. The number of carbonyl (C=O) groups is 2. The van der Waals surface area contributed by atoms with Gasteiger partial charge in [-0.15, -0.1) is 0 Å². The molecule has 1 N–H and O–H groups in total. The van der Waals surface area contributed by atoms with Crippen LogP contribution in [0, 0.1) is 5.92 Å². The lowest BCUT2D eigenvalue weighted by atomic mass is 10.1. The van der Waals surface area contributed by atoms with Gasteiger partial charge in [0.15, 0.2) is 0 Å². The first kappa shape index (κ1) is 17.5. The minimum absolute atomic E-state index is 0.00594. The van der Waals surface area contributed by atoms with E-state index in [2.05, 4.69) is 17.1 Å². The molecule has 1 heterocycles. The Labute approximate surface area is 138 Å². The lowest BCUT2D eigenvalue weighted by Gasteiger charge is -2.20. The normalized spacial score (nSPS) is 17.8. The van der Waals surface area contributed by atoms with Crippen molar-refractivity contribution in [2.24, 2.45) is 5.92 Å². The van der Waals surface area contributed by atoms with Crippen LogP contribution in [-0.4, -0.2) is 50.4 Å². The SMILES string of the molecule is CCc1ccccc1N1CC(C(=O)NCCCN(C)C)CC1=O. The predicted octanol–water partition coefficient (Wildman–Crippen LogP) is 1.67. The molecule has 1 aromatic carbocycles. The average Bonchev–Trinajstić information content (AvgIpc) is 2.93. The summed E-state index contributed by atoms with van der Waals surface area (Å²) in [7, 11) is 4.03. The number of aryl methyl sites for hydroxylation is 1. The zero-order valence-corrected chi connectivity index (χ0v) is 14.3. The first-order valence-electron chi connectivity index (χ1n) is 8.33. The van der Waals surface area contributed by atoms with Crippen LogP contribution >= 0.6 is 0 Å². The molecule has 1 aliphatic rings. The van der Waals surface area contributed by atoms with Crippen molar-refractivity contribution >= 4 is 17.5 Å². The number of para-hydroxylation sites is 1. The highest BCUT2D eigenvalue weighted by Gasteiger charge is 2.35. The Hall–Kier alpha value is -1.88. The van der Waals surface area contributed by atoms with Crippen molar-refractivity contribution in [1.82, 2.24) is 10.2 Å². The van der Waals surface area contributed by atoms with Gasteiger partial charge in [-0.3, -0.25) is 9.59 Å². The fourth-order valence-corrected chi connectivity index (χ4v) is 2.94. The molecule has 1 aromatic rings. The Bertz CT molecular complexity index is 557. The third-order valence-corrected chi connectivity index (χ3v) is 4.24. The molecule has 2 rings (SSSR count). The number of nitrogens with zero attached hydrogens (tertiary/aromatic N) is 2. The van der Waals surface area contributed by atoms with Crippen molar-refractivity contribution in [1.29, 1.82) is 0 Å². The summed E-state index contributed by atoms with van der Waals surface area (Å²) < 4.78 is 0. The molecule has 0 bridgehead atoms. The summed E-state index contributed by atoms with van der Waals surface area (Å²) in [5.74, 6) is -0.209. The van der Waals surface area contributed by atoms with E-state index in [1.54, 1.807) is 4.90 Å². The molecule has 126 valence electrons. The molecule has 1 aliphatic heterocycles. The molecule has 1 unspecified atom stereocenters. The minimum Gasteiger partial charge on any atom is -0.356 e. The quantitative estimate of drug-likeness (QED) is 0.778. The first-order chi connectivity index (χ1) is 11.0. The van der Waals surface area contributed by atoms with Crippen molar-refractivity contribution in [3.05, 3.63) is 29.8 Å². The summed E-state index contributed by atoms with van der Waals surface area (Å²) >= 11 is 0. The fourth-order valence-electron chi connectivity index (χ4n) is 2.94. The van der Waals surface area contributed by atoms with Crippen molar-refractivity contribution in [2.45, 2.75) is 26.2 Å². The van der Waals surface area contributed by atoms with Crippen LogP contribution in [-0.2, 0) is 16.0 Å². The summed E-state index contributed by atoms with van der Waals surface area (Å²) in [6.07, 6.45) is 2.10. The molecule has 5 heteroatoms. The van der Waals surface area contributed by atoms with Crippen LogP contribution < -0.4 is 10.2 Å². The van der Waals surface area contributed by atoms with Gasteiger partial charge in [-0.2, -0.15) is 0 Å². The summed E-state index contributed by atoms with van der Waals surface area (Å²) in [4.78, 5) is 28.4. The fraction of sp³-hybridized carbons (Fsp3) is 0.556. The van der Waals surface area contributed by atoms with E-state index >= 15 is 0 Å². The average molecular weight is 317 g/mol. The number of amides is 2. The van der Waals surface area contributed by atoms with Gasteiger partial charge in [0.05, 0.1) is 5.92 Å². The van der Waals surface area contributed by atoms with E-state index < -0.39 is 0 Å². The summed E-state index contributed by atoms with van der Waals surface area (Å²) in [6.45, 7) is 4.16. The first-order valence-corrected chi connectivity index (χ1v) is 8.33. The number of carbonyl (C=O) groups excluding carboxylic acids is 2. The largest absolute Gasteiger partial charge is 0.356 e. The van der Waals surface area contributed by atoms with Crippen molar-refractivity contribution in [3.8, 4) is 0 Å². The molecule has 0 aromatic heterocycles. The van der Waals surface area contributed by atoms with Crippen molar-refractivity contribution in [3.63, 3.8) is 0 Å². The Morgan fingerprint density at radius 3 is 2.78 bits per heavy atom. The van der Waals surface area contributed by atoms with E-state index in [9.17, 15) is 9.59 Å². The van der Waals surface area contributed by atoms with E-state index in [1.165, 1.54) is 0 Å². The molecule has 0 spiro atoms. The van der Waals surface area contributed by atoms with Gasteiger partial charge in [-0.1, -0.05) is 25.1 Å². The second kappa shape index (κ2) is 8.11. The number of hydrogen-bond donors (Lipinski definition) is 1. The Morgan fingerprint density at radius 1 is 1.35 bits per heavy atom. The molecule has 0 saturated carbocycles. The molecule has 2 amide bonds. The summed E-state index contributed by atoms with van der Waals surface area (Å²) in [5, 5.41) is 2.96. The van der Waals surface area contributed by atoms with Crippen LogP contribution in [0.3, 0.4) is 0 Å². The van der Waals surface area contributed by atoms with E-state index in [-0.39, 0.29) is 17.7 Å². The van der Waals surface area contributed by atoms with E-state index in [4.69, 9.17) is 0 Å². The zero-order chi connectivity index (χ0) is 16.8. The number of anilines is 1. The van der Waals surface area contributed by atoms with Gasteiger partial charge < -0.3 is 15.1 Å². The van der Waals surface area contributed by atoms with Gasteiger partial charge in [0.2, 0.25) is 11.8 Å². The Kier molecular flexibility index (Phi) is 6.16. The molecule has 1 fully saturated rings. The highest BCUT2D eigenvalue weighted by molar-refractivity contribution is 6.00. The number of rotatable bonds is 7. The van der Waals surface area contributed by atoms with Crippen LogP contribution in [0.25, 0.3) is 0 Å². The third kappa shape index (κ3) is 4.55. The Morgan fingerprint density at radius 2 is 2.09 bits per heavy atom. The number of hydrogen-bond acceptors (Lipinski definition) is 3. The second-order valence-corrected chi connectivity index (χ2v) is 6.34. The third-order valence-electron chi connectivity index (χ3n) is 4.24. The van der Waals surface area contributed by atoms with Gasteiger partial charge in [0, 0.05) is 25.2 Å². The lowest BCUT2D eigenvalue weighted by molar-refractivity contribution is -0.126. The van der Waals surface area contributed by atoms with Gasteiger partial charge in [-0.05, 0) is 45.1 Å². The minimum atomic E-state index is -0.244. The van der Waals surface area contributed by atoms with Gasteiger partial charge in [0.25, 0.3) is 0 Å². The lowest BCUT2D eigenvalue weighted by Crippen LogP contribution is -2.34. The molecule has 1 atom stereocenters. The van der Waals surface area contributed by atoms with Crippen LogP contribution in [0.2, 0.25) is 0 Å². The van der Waals surface area contributed by atoms with Crippen LogP contribution in [0.1, 0.15) is 25.3 Å². The molecule has 23 heavy (non-hydrogen) atoms. The molecular weight excluding hydrogens is 290 g/mol. The second-order valence-electron chi connectivity index (χ2n) is 6.34. The maximum Gasteiger partial charge on any atom is 0.227 e. The standard InChI is InChI=1S/C18H27N3O2/c1-4-14-8-5-6-9-16(14)21-13-15(12-17(21)22)18(23)19-10-7-11-20(2)3/h5-6,8-9,15H,4,7,10-13H2,1-3H3,(H,19,23). The van der Waals surface area contributed by atoms with Crippen molar-refractivity contribution < 1.29 is 9.59 Å². The van der Waals surface area contributed by atoms with E-state index in [1.807, 2.05) is 38.4 Å². The molecule has 0 aliphatic carbocycles. The van der Waals surface area contributed by atoms with E-state index in [0.717, 1.165) is 30.6 Å². The van der Waals surface area contributed by atoms with Crippen molar-refractivity contribution in [2.75, 3.05) is 38.6 Å². The van der Waals surface area contributed by atoms with Gasteiger partial charge in [-0.25, -0.2) is 0 Å². The maximum absolute atomic E-state index is 12.3. The van der Waals surface area contributed by atoms with Crippen LogP contribution in [0.5, 0.6) is 0 Å². The van der Waals surface area contributed by atoms with E-state index in [0.29, 0.717) is 19.5 Å². The van der Waals surface area contributed by atoms with Crippen LogP contribution in [0.15, 0.2) is 24.3 Å². The number of benzene rings is 1. The summed E-state index contributed by atoms with van der Waals surface area (Å²) in [5.41, 5.74) is 2.09. The molecule has 0 radical (unpaired) electrons. The van der Waals surface area contributed by atoms with Crippen LogP contribution in [0.4, 0.5) is 5.69 Å². The monoisotopic (exact) mass is 317 g/mol. The predicted molar refractivity (Wildman–Crippen MR) is 92.5 cm³/mol. The highest BCUT2D eigenvalue weighted by atomic mass is 16.2. The van der Waals surface area contributed by atoms with Gasteiger partial charge in [0.1, 0.15) is 0 Å². The zero-order valence-electron chi connectivity index (χ0n) is 14.3. The highest BCUT2D eigenvalue weighted by Crippen LogP contribution is 2.28. The molecular formula is C18H27N3O2. The smallest absolute Gasteiger partial charge is 0.227 e. The molecule has 1 saturated heterocycles. The van der Waals surface area contributed by atoms with Gasteiger partial charge >= 0.3 is 0 Å². The summed E-state index contributed by atoms with van der Waals surface area (Å²) in [6, 6.07) is 7.93. The topological polar surface area (TPSA) is 52.7 Å². The maximum atomic E-state index is 12.3. The number of nitrogens with one attached hydrogen (secondary N) is 1. The molecule has 5 nitrogen and oxygen atoms in total.